The van der Waals surface area contributed by atoms with Crippen LogP contribution in [0.25, 0.3) is 0 Å². The van der Waals surface area contributed by atoms with Crippen molar-refractivity contribution in [1.29, 1.82) is 0 Å². The number of hydrogen-bond acceptors (Lipinski definition) is 7. The highest BCUT2D eigenvalue weighted by atomic mass is 16.7. The number of esters is 1. The quantitative estimate of drug-likeness (QED) is 0.382. The summed E-state index contributed by atoms with van der Waals surface area (Å²) in [5, 5.41) is 3.42. The number of fused-ring (bicyclic) bond motifs is 1. The zero-order chi connectivity index (χ0) is 26.1. The Morgan fingerprint density at radius 3 is 2.68 bits per heavy atom. The first-order valence-corrected chi connectivity index (χ1v) is 13.1. The van der Waals surface area contributed by atoms with Crippen LogP contribution in [0.4, 0.5) is 5.69 Å². The lowest BCUT2D eigenvalue weighted by atomic mass is 9.71. The maximum atomic E-state index is 13.8. The Morgan fingerprint density at radius 1 is 1.11 bits per heavy atom. The molecule has 7 heteroatoms. The third-order valence-corrected chi connectivity index (χ3v) is 7.50. The Kier molecular flexibility index (Phi) is 6.96. The van der Waals surface area contributed by atoms with E-state index in [1.54, 1.807) is 6.07 Å². The molecule has 0 amide bonds. The first-order valence-electron chi connectivity index (χ1n) is 13.1. The molecule has 0 saturated carbocycles. The maximum Gasteiger partial charge on any atom is 0.337 e. The SMILES string of the molecule is CCCC(CC)OC(=O)C1=C(C)NC2=C(C(=O)CC(c3ccc4c(c3)OCO4)C2)C1c1cccc(N)c1. The van der Waals surface area contributed by atoms with Gasteiger partial charge in [0, 0.05) is 35.0 Å². The number of nitrogens with one attached hydrogen (secondary N) is 1. The van der Waals surface area contributed by atoms with Crippen LogP contribution < -0.4 is 20.5 Å². The molecule has 3 N–H and O–H groups in total. The van der Waals surface area contributed by atoms with Crippen LogP contribution in [0.15, 0.2) is 65.0 Å². The van der Waals surface area contributed by atoms with Crippen LogP contribution in [-0.4, -0.2) is 24.6 Å². The summed E-state index contributed by atoms with van der Waals surface area (Å²) in [6.07, 6.45) is 3.30. The average Bonchev–Trinajstić information content (AvgIpc) is 3.35. The Hall–Kier alpha value is -3.74. The Bertz CT molecular complexity index is 1290. The van der Waals surface area contributed by atoms with Crippen molar-refractivity contribution in [3.8, 4) is 11.5 Å². The summed E-state index contributed by atoms with van der Waals surface area (Å²) >= 11 is 0. The lowest BCUT2D eigenvalue weighted by Crippen LogP contribution is -2.36. The fraction of sp³-hybridized carbons (Fsp3) is 0.400. The Balaban J connectivity index is 1.52. The van der Waals surface area contributed by atoms with Gasteiger partial charge in [0.15, 0.2) is 17.3 Å². The van der Waals surface area contributed by atoms with Crippen molar-refractivity contribution in [3.63, 3.8) is 0 Å². The van der Waals surface area contributed by atoms with E-state index >= 15 is 0 Å². The molecule has 2 aromatic rings. The molecule has 0 fully saturated rings. The molecule has 2 heterocycles. The lowest BCUT2D eigenvalue weighted by molar-refractivity contribution is -0.145. The van der Waals surface area contributed by atoms with Crippen LogP contribution in [0.5, 0.6) is 11.5 Å². The van der Waals surface area contributed by atoms with E-state index in [9.17, 15) is 9.59 Å². The van der Waals surface area contributed by atoms with E-state index in [1.165, 1.54) is 0 Å². The number of benzene rings is 2. The molecule has 1 aliphatic carbocycles. The number of carbonyl (C=O) groups is 2. The second-order valence-corrected chi connectivity index (χ2v) is 10.0. The van der Waals surface area contributed by atoms with E-state index in [1.807, 2.05) is 50.2 Å². The van der Waals surface area contributed by atoms with Gasteiger partial charge in [-0.3, -0.25) is 4.79 Å². The van der Waals surface area contributed by atoms with Gasteiger partial charge < -0.3 is 25.3 Å². The van der Waals surface area contributed by atoms with Gasteiger partial charge in [-0.15, -0.1) is 0 Å². The summed E-state index contributed by atoms with van der Waals surface area (Å²) in [5.41, 5.74) is 11.2. The van der Waals surface area contributed by atoms with E-state index in [2.05, 4.69) is 12.2 Å². The molecule has 7 nitrogen and oxygen atoms in total. The molecule has 2 aromatic carbocycles. The van der Waals surface area contributed by atoms with Crippen LogP contribution in [0.1, 0.15) is 75.8 Å². The normalized spacial score (nSPS) is 21.4. The lowest BCUT2D eigenvalue weighted by Gasteiger charge is -2.37. The first-order chi connectivity index (χ1) is 17.9. The van der Waals surface area contributed by atoms with Crippen LogP contribution in [-0.2, 0) is 14.3 Å². The van der Waals surface area contributed by atoms with Crippen LogP contribution in [0, 0.1) is 0 Å². The molecular formula is C30H34N2O5. The number of nitrogen functional groups attached to an aromatic ring is 1. The second-order valence-electron chi connectivity index (χ2n) is 10.0. The molecule has 0 spiro atoms. The molecule has 194 valence electrons. The zero-order valence-electron chi connectivity index (χ0n) is 21.6. The predicted molar refractivity (Wildman–Crippen MR) is 141 cm³/mol. The van der Waals surface area contributed by atoms with Crippen molar-refractivity contribution in [2.24, 2.45) is 0 Å². The standard InChI is InChI=1S/C30H34N2O5/c1-4-7-22(5-2)37-30(34)27-17(3)32-23-13-20(18-10-11-25-26(15-18)36-16-35-25)14-24(33)29(23)28(27)19-8-6-9-21(31)12-19/h6,8-12,15,20,22,28,32H,4-5,7,13-14,16,31H2,1-3H3. The summed E-state index contributed by atoms with van der Waals surface area (Å²) in [6, 6.07) is 13.3. The summed E-state index contributed by atoms with van der Waals surface area (Å²) in [6.45, 7) is 6.19. The zero-order valence-corrected chi connectivity index (χ0v) is 21.6. The molecule has 3 unspecified atom stereocenters. The maximum absolute atomic E-state index is 13.8. The molecular weight excluding hydrogens is 468 g/mol. The van der Waals surface area contributed by atoms with Crippen molar-refractivity contribution in [1.82, 2.24) is 5.32 Å². The topological polar surface area (TPSA) is 99.9 Å². The molecule has 3 aliphatic rings. The number of ether oxygens (including phenoxy) is 3. The summed E-state index contributed by atoms with van der Waals surface area (Å²) < 4.78 is 17.0. The van der Waals surface area contributed by atoms with Crippen molar-refractivity contribution in [2.45, 2.75) is 70.8 Å². The van der Waals surface area contributed by atoms with E-state index in [0.29, 0.717) is 41.1 Å². The minimum atomic E-state index is -0.531. The fourth-order valence-electron chi connectivity index (χ4n) is 5.67. The van der Waals surface area contributed by atoms with Crippen LogP contribution >= 0.6 is 0 Å². The predicted octanol–water partition coefficient (Wildman–Crippen LogP) is 5.48. The van der Waals surface area contributed by atoms with Crippen molar-refractivity contribution < 1.29 is 23.8 Å². The summed E-state index contributed by atoms with van der Waals surface area (Å²) in [4.78, 5) is 27.4. The number of hydrogen-bond donors (Lipinski definition) is 2. The number of nitrogens with two attached hydrogens (primary N) is 1. The van der Waals surface area contributed by atoms with E-state index in [0.717, 1.165) is 41.8 Å². The summed E-state index contributed by atoms with van der Waals surface area (Å²) in [7, 11) is 0. The molecule has 37 heavy (non-hydrogen) atoms. The molecule has 2 aliphatic heterocycles. The smallest absolute Gasteiger partial charge is 0.337 e. The van der Waals surface area contributed by atoms with E-state index in [4.69, 9.17) is 19.9 Å². The number of carbonyl (C=O) groups excluding carboxylic acids is 2. The Labute approximate surface area is 217 Å². The van der Waals surface area contributed by atoms with Crippen LogP contribution in [0.3, 0.4) is 0 Å². The van der Waals surface area contributed by atoms with Gasteiger partial charge in [0.25, 0.3) is 0 Å². The number of ketones is 1. The van der Waals surface area contributed by atoms with Gasteiger partial charge in [0.1, 0.15) is 6.10 Å². The highest BCUT2D eigenvalue weighted by Gasteiger charge is 2.42. The monoisotopic (exact) mass is 502 g/mol. The fourth-order valence-corrected chi connectivity index (χ4v) is 5.67. The van der Waals surface area contributed by atoms with Gasteiger partial charge in [0.2, 0.25) is 6.79 Å². The number of rotatable bonds is 7. The van der Waals surface area contributed by atoms with E-state index < -0.39 is 5.92 Å². The Morgan fingerprint density at radius 2 is 1.92 bits per heavy atom. The molecule has 3 atom stereocenters. The third-order valence-electron chi connectivity index (χ3n) is 7.50. The minimum absolute atomic E-state index is 0.00919. The largest absolute Gasteiger partial charge is 0.459 e. The van der Waals surface area contributed by atoms with Gasteiger partial charge in [0.05, 0.1) is 5.57 Å². The number of Topliss-reactive ketones (excluding diaryl/α,β-unsaturated/α-hetero) is 1. The summed E-state index contributed by atoms with van der Waals surface area (Å²) in [5.74, 6) is 0.523. The van der Waals surface area contributed by atoms with Gasteiger partial charge >= 0.3 is 5.97 Å². The minimum Gasteiger partial charge on any atom is -0.459 e. The molecule has 0 saturated heterocycles. The molecule has 0 aromatic heterocycles. The highest BCUT2D eigenvalue weighted by Crippen LogP contribution is 2.47. The number of dihydropyridines is 1. The van der Waals surface area contributed by atoms with Crippen molar-refractivity contribution in [3.05, 3.63) is 76.1 Å². The van der Waals surface area contributed by atoms with E-state index in [-0.39, 0.29) is 30.6 Å². The van der Waals surface area contributed by atoms with Crippen LogP contribution in [0.2, 0.25) is 0 Å². The van der Waals surface area contributed by atoms with Gasteiger partial charge in [-0.1, -0.05) is 38.5 Å². The third kappa shape index (κ3) is 4.82. The number of allylic oxidation sites excluding steroid dienone is 3. The van der Waals surface area contributed by atoms with Crippen molar-refractivity contribution in [2.75, 3.05) is 12.5 Å². The van der Waals surface area contributed by atoms with Gasteiger partial charge in [-0.2, -0.15) is 0 Å². The molecule has 0 bridgehead atoms. The first kappa shape index (κ1) is 24.9. The van der Waals surface area contributed by atoms with Gasteiger partial charge in [-0.25, -0.2) is 4.79 Å². The van der Waals surface area contributed by atoms with Gasteiger partial charge in [-0.05, 0) is 67.5 Å². The van der Waals surface area contributed by atoms with Crippen molar-refractivity contribution >= 4 is 17.4 Å². The second kappa shape index (κ2) is 10.3. The average molecular weight is 503 g/mol. The molecule has 0 radical (unpaired) electrons. The number of anilines is 1. The molecule has 5 rings (SSSR count). The highest BCUT2D eigenvalue weighted by molar-refractivity contribution is 6.04.